The van der Waals surface area contributed by atoms with Gasteiger partial charge in [-0.15, -0.1) is 0 Å². The molecule has 0 aromatic heterocycles. The average Bonchev–Trinajstić information content (AvgIpc) is 2.61. The fraction of sp³-hybridized carbons (Fsp3) is 0.864. The summed E-state index contributed by atoms with van der Waals surface area (Å²) < 4.78 is 0. The number of carboxylic acid groups (broad SMARTS) is 1. The lowest BCUT2D eigenvalue weighted by Gasteiger charge is -2.27. The number of aliphatic carboxylic acids is 1. The second-order valence-electron chi connectivity index (χ2n) is 7.49. The molecule has 0 aromatic rings. The Bertz CT molecular complexity index is 392. The highest BCUT2D eigenvalue weighted by Crippen LogP contribution is 2.33. The Balaban J connectivity index is 5.06. The predicted molar refractivity (Wildman–Crippen MR) is 106 cm³/mol. The van der Waals surface area contributed by atoms with Crippen molar-refractivity contribution < 1.29 is 19.5 Å². The summed E-state index contributed by atoms with van der Waals surface area (Å²) in [7, 11) is 0. The van der Waals surface area contributed by atoms with Crippen molar-refractivity contribution in [1.29, 1.82) is 0 Å². The number of carboxylic acids is 1. The Kier molecular flexibility index (Phi) is 14.2. The first-order valence-electron chi connectivity index (χ1n) is 10.8. The topological polar surface area (TPSA) is 71.4 Å². The molecule has 0 atom stereocenters. The number of rotatable bonds is 18. The molecule has 0 amide bonds. The molecule has 0 saturated heterocycles. The molecule has 0 aromatic carbocycles. The predicted octanol–water partition coefficient (Wildman–Crippen LogP) is 6.11. The molecule has 0 fully saturated rings. The SMILES string of the molecule is CCCCCCCCC(C(=O)O)(C(=O)CCCCC)C(=O)CCCCC. The molecule has 0 spiro atoms. The third kappa shape index (κ3) is 8.46. The summed E-state index contributed by atoms with van der Waals surface area (Å²) in [6, 6.07) is 0. The van der Waals surface area contributed by atoms with Crippen LogP contribution in [0.15, 0.2) is 0 Å². The molecular weight excluding hydrogens is 328 g/mol. The quantitative estimate of drug-likeness (QED) is 0.234. The highest BCUT2D eigenvalue weighted by molar-refractivity contribution is 6.21. The van der Waals surface area contributed by atoms with E-state index in [1.807, 2.05) is 13.8 Å². The van der Waals surface area contributed by atoms with Crippen LogP contribution in [0.1, 0.15) is 117 Å². The van der Waals surface area contributed by atoms with E-state index in [1.165, 1.54) is 6.42 Å². The van der Waals surface area contributed by atoms with Gasteiger partial charge in [0.15, 0.2) is 17.0 Å². The molecule has 4 heteroatoms. The normalized spacial score (nSPS) is 11.5. The Morgan fingerprint density at radius 1 is 0.615 bits per heavy atom. The van der Waals surface area contributed by atoms with E-state index in [-0.39, 0.29) is 30.8 Å². The van der Waals surface area contributed by atoms with Gasteiger partial charge in [-0.05, 0) is 19.3 Å². The summed E-state index contributed by atoms with van der Waals surface area (Å²) in [5, 5.41) is 9.88. The highest BCUT2D eigenvalue weighted by Gasteiger charge is 2.50. The van der Waals surface area contributed by atoms with Crippen LogP contribution < -0.4 is 0 Å². The van der Waals surface area contributed by atoms with E-state index in [0.29, 0.717) is 19.3 Å². The number of carbonyl (C=O) groups is 3. The van der Waals surface area contributed by atoms with Gasteiger partial charge in [0.2, 0.25) is 0 Å². The molecule has 0 aliphatic carbocycles. The van der Waals surface area contributed by atoms with Crippen molar-refractivity contribution in [3.05, 3.63) is 0 Å². The Morgan fingerprint density at radius 3 is 1.42 bits per heavy atom. The van der Waals surface area contributed by atoms with Gasteiger partial charge in [0.1, 0.15) is 0 Å². The van der Waals surface area contributed by atoms with Gasteiger partial charge in [-0.3, -0.25) is 14.4 Å². The lowest BCUT2D eigenvalue weighted by atomic mass is 9.72. The van der Waals surface area contributed by atoms with Crippen LogP contribution in [0.2, 0.25) is 0 Å². The zero-order valence-electron chi connectivity index (χ0n) is 17.3. The minimum Gasteiger partial charge on any atom is -0.480 e. The van der Waals surface area contributed by atoms with Gasteiger partial charge in [-0.1, -0.05) is 85.0 Å². The Morgan fingerprint density at radius 2 is 1.00 bits per heavy atom. The van der Waals surface area contributed by atoms with Crippen LogP contribution in [0.5, 0.6) is 0 Å². The van der Waals surface area contributed by atoms with E-state index in [1.54, 1.807) is 0 Å². The van der Waals surface area contributed by atoms with Crippen molar-refractivity contribution in [2.75, 3.05) is 0 Å². The number of Topliss-reactive ketones (excluding diaryl/α,β-unsaturated/α-hetero) is 2. The fourth-order valence-corrected chi connectivity index (χ4v) is 3.45. The first kappa shape index (κ1) is 24.8. The molecule has 4 nitrogen and oxygen atoms in total. The zero-order valence-corrected chi connectivity index (χ0v) is 17.3. The lowest BCUT2D eigenvalue weighted by molar-refractivity contribution is -0.160. The number of hydrogen-bond acceptors (Lipinski definition) is 3. The number of ketones is 2. The smallest absolute Gasteiger partial charge is 0.324 e. The maximum atomic E-state index is 12.8. The van der Waals surface area contributed by atoms with Gasteiger partial charge in [-0.2, -0.15) is 0 Å². The molecule has 0 saturated carbocycles. The van der Waals surface area contributed by atoms with Gasteiger partial charge in [0.05, 0.1) is 0 Å². The second-order valence-corrected chi connectivity index (χ2v) is 7.49. The van der Waals surface area contributed by atoms with Gasteiger partial charge in [0.25, 0.3) is 0 Å². The number of hydrogen-bond donors (Lipinski definition) is 1. The van der Waals surface area contributed by atoms with Gasteiger partial charge in [-0.25, -0.2) is 0 Å². The van der Waals surface area contributed by atoms with Gasteiger partial charge >= 0.3 is 5.97 Å². The minimum atomic E-state index is -1.80. The maximum Gasteiger partial charge on any atom is 0.324 e. The van der Waals surface area contributed by atoms with Crippen molar-refractivity contribution in [2.45, 2.75) is 117 Å². The van der Waals surface area contributed by atoms with E-state index in [9.17, 15) is 19.5 Å². The largest absolute Gasteiger partial charge is 0.480 e. The Labute approximate surface area is 160 Å². The van der Waals surface area contributed by atoms with Crippen molar-refractivity contribution >= 4 is 17.5 Å². The summed E-state index contributed by atoms with van der Waals surface area (Å²) >= 11 is 0. The molecule has 0 bridgehead atoms. The highest BCUT2D eigenvalue weighted by atomic mass is 16.4. The van der Waals surface area contributed by atoms with Crippen LogP contribution in [-0.4, -0.2) is 22.6 Å². The van der Waals surface area contributed by atoms with Crippen LogP contribution in [0.4, 0.5) is 0 Å². The third-order valence-corrected chi connectivity index (χ3v) is 5.24. The molecule has 26 heavy (non-hydrogen) atoms. The van der Waals surface area contributed by atoms with Crippen LogP contribution in [0.3, 0.4) is 0 Å². The summed E-state index contributed by atoms with van der Waals surface area (Å²) in [6.45, 7) is 6.24. The Hall–Kier alpha value is -1.19. The summed E-state index contributed by atoms with van der Waals surface area (Å²) in [5.41, 5.74) is -1.80. The monoisotopic (exact) mass is 368 g/mol. The van der Waals surface area contributed by atoms with Crippen LogP contribution in [0.25, 0.3) is 0 Å². The van der Waals surface area contributed by atoms with Crippen LogP contribution >= 0.6 is 0 Å². The molecule has 0 radical (unpaired) electrons. The number of unbranched alkanes of at least 4 members (excludes halogenated alkanes) is 9. The molecule has 0 rings (SSSR count). The number of carbonyl (C=O) groups excluding carboxylic acids is 2. The third-order valence-electron chi connectivity index (χ3n) is 5.24. The summed E-state index contributed by atoms with van der Waals surface area (Å²) in [4.78, 5) is 37.7. The zero-order chi connectivity index (χ0) is 19.8. The molecule has 1 N–H and O–H groups in total. The maximum absolute atomic E-state index is 12.8. The van der Waals surface area contributed by atoms with Crippen LogP contribution in [-0.2, 0) is 14.4 Å². The first-order valence-corrected chi connectivity index (χ1v) is 10.8. The standard InChI is InChI=1S/C22H40O4/c1-4-7-10-11-12-15-18-22(21(25)26,19(23)16-13-8-5-2)20(24)17-14-9-6-3/h4-18H2,1-3H3,(H,25,26). The fourth-order valence-electron chi connectivity index (χ4n) is 3.45. The molecular formula is C22H40O4. The van der Waals surface area contributed by atoms with E-state index in [0.717, 1.165) is 51.4 Å². The second kappa shape index (κ2) is 14.9. The minimum absolute atomic E-state index is 0.171. The summed E-state index contributed by atoms with van der Waals surface area (Å²) in [5.74, 6) is -1.96. The van der Waals surface area contributed by atoms with E-state index in [2.05, 4.69) is 6.92 Å². The van der Waals surface area contributed by atoms with Gasteiger partial charge < -0.3 is 5.11 Å². The van der Waals surface area contributed by atoms with Crippen molar-refractivity contribution in [2.24, 2.45) is 5.41 Å². The molecule has 152 valence electrons. The van der Waals surface area contributed by atoms with E-state index in [4.69, 9.17) is 0 Å². The molecule has 0 unspecified atom stereocenters. The molecule has 0 aliphatic rings. The van der Waals surface area contributed by atoms with Crippen LogP contribution in [0, 0.1) is 5.41 Å². The van der Waals surface area contributed by atoms with E-state index >= 15 is 0 Å². The summed E-state index contributed by atoms with van der Waals surface area (Å²) in [6.07, 6.45) is 11.7. The lowest BCUT2D eigenvalue weighted by Crippen LogP contribution is -2.46. The molecule has 0 aliphatic heterocycles. The first-order chi connectivity index (χ1) is 12.5. The van der Waals surface area contributed by atoms with E-state index < -0.39 is 11.4 Å². The van der Waals surface area contributed by atoms with Crippen molar-refractivity contribution in [3.63, 3.8) is 0 Å². The molecule has 0 heterocycles. The van der Waals surface area contributed by atoms with Crippen molar-refractivity contribution in [1.82, 2.24) is 0 Å². The van der Waals surface area contributed by atoms with Crippen molar-refractivity contribution in [3.8, 4) is 0 Å². The average molecular weight is 369 g/mol. The van der Waals surface area contributed by atoms with Gasteiger partial charge in [0, 0.05) is 12.8 Å².